The molecule has 0 N–H and O–H groups in total. The van der Waals surface area contributed by atoms with Gasteiger partial charge in [-0.05, 0) is 51.0 Å². The lowest BCUT2D eigenvalue weighted by molar-refractivity contribution is -0.101. The molecule has 3 aromatic carbocycles. The maximum Gasteiger partial charge on any atom is 0.151 e. The van der Waals surface area contributed by atoms with Gasteiger partial charge in [-0.2, -0.15) is 0 Å². The molecule has 0 aromatic heterocycles. The summed E-state index contributed by atoms with van der Waals surface area (Å²) in [6.07, 6.45) is 0. The normalized spacial score (nSPS) is 12.6. The van der Waals surface area contributed by atoms with Gasteiger partial charge in [-0.15, -0.1) is 5.06 Å². The van der Waals surface area contributed by atoms with Crippen molar-refractivity contribution in [2.24, 2.45) is 0 Å². The topological polar surface area (TPSA) is 21.7 Å². The lowest BCUT2D eigenvalue weighted by Crippen LogP contribution is -2.30. The van der Waals surface area contributed by atoms with E-state index >= 15 is 0 Å². The molecule has 0 saturated carbocycles. The average molecular weight is 376 g/mol. The average Bonchev–Trinajstić information content (AvgIpc) is 2.67. The molecule has 3 nitrogen and oxygen atoms in total. The second-order valence-electron chi connectivity index (χ2n) is 7.93. The zero-order chi connectivity index (χ0) is 20.0. The van der Waals surface area contributed by atoms with Gasteiger partial charge in [0.05, 0.1) is 12.6 Å². The zero-order valence-electron chi connectivity index (χ0n) is 17.1. The van der Waals surface area contributed by atoms with E-state index in [1.807, 2.05) is 62.2 Å². The second kappa shape index (κ2) is 8.94. The van der Waals surface area contributed by atoms with Crippen LogP contribution in [0.2, 0.25) is 0 Å². The van der Waals surface area contributed by atoms with E-state index in [0.29, 0.717) is 6.54 Å². The Morgan fingerprint density at radius 1 is 0.786 bits per heavy atom. The van der Waals surface area contributed by atoms with Crippen LogP contribution in [-0.2, 0) is 6.54 Å². The number of benzene rings is 3. The molecule has 0 fully saturated rings. The highest BCUT2D eigenvalue weighted by molar-refractivity contribution is 5.33. The molecule has 1 unspecified atom stereocenters. The van der Waals surface area contributed by atoms with Crippen molar-refractivity contribution in [2.45, 2.75) is 45.9 Å². The van der Waals surface area contributed by atoms with Gasteiger partial charge >= 0.3 is 0 Å². The summed E-state index contributed by atoms with van der Waals surface area (Å²) in [5.74, 6) is 1.57. The molecular formula is C25H29NO2. The maximum atomic E-state index is 6.34. The van der Waals surface area contributed by atoms with E-state index in [4.69, 9.17) is 9.57 Å². The predicted octanol–water partition coefficient (Wildman–Crippen LogP) is 6.42. The molecule has 3 rings (SSSR count). The molecule has 0 aliphatic rings. The number of nitrogens with zero attached hydrogens (tertiary/aromatic N) is 1. The Morgan fingerprint density at radius 2 is 1.39 bits per heavy atom. The van der Waals surface area contributed by atoms with Crippen molar-refractivity contribution in [3.63, 3.8) is 0 Å². The second-order valence-corrected chi connectivity index (χ2v) is 7.93. The van der Waals surface area contributed by atoms with Gasteiger partial charge in [0.25, 0.3) is 0 Å². The monoisotopic (exact) mass is 375 g/mol. The third-order valence-corrected chi connectivity index (χ3v) is 4.35. The summed E-state index contributed by atoms with van der Waals surface area (Å²) in [4.78, 5) is 6.34. The summed E-state index contributed by atoms with van der Waals surface area (Å²) < 4.78 is 5.99. The van der Waals surface area contributed by atoms with Gasteiger partial charge in [0.1, 0.15) is 11.4 Å². The molecule has 0 bridgehead atoms. The first-order valence-corrected chi connectivity index (χ1v) is 9.73. The lowest BCUT2D eigenvalue weighted by atomic mass is 10.1. The summed E-state index contributed by atoms with van der Waals surface area (Å²) in [6, 6.07) is 28.7. The minimum Gasteiger partial charge on any atom is -0.488 e. The first-order chi connectivity index (χ1) is 13.4. The molecule has 1 atom stereocenters. The van der Waals surface area contributed by atoms with Crippen LogP contribution in [0.4, 0.5) is 0 Å². The molecule has 146 valence electrons. The van der Waals surface area contributed by atoms with Crippen LogP contribution >= 0.6 is 0 Å². The van der Waals surface area contributed by atoms with Crippen LogP contribution in [0.25, 0.3) is 0 Å². The van der Waals surface area contributed by atoms with Gasteiger partial charge in [0, 0.05) is 6.07 Å². The van der Waals surface area contributed by atoms with Crippen molar-refractivity contribution in [3.8, 4) is 11.5 Å². The minimum absolute atomic E-state index is 0.0913. The Bertz CT molecular complexity index is 856. The molecule has 0 heterocycles. The molecule has 3 heteroatoms. The largest absolute Gasteiger partial charge is 0.488 e. The minimum atomic E-state index is -0.250. The molecule has 28 heavy (non-hydrogen) atoms. The van der Waals surface area contributed by atoms with Gasteiger partial charge in [-0.1, -0.05) is 66.7 Å². The maximum absolute atomic E-state index is 6.34. The van der Waals surface area contributed by atoms with Crippen molar-refractivity contribution in [1.29, 1.82) is 0 Å². The quantitative estimate of drug-likeness (QED) is 0.445. The standard InChI is InChI=1S/C25H29NO2/c1-20(22-14-9-6-10-15-22)26(19-21-12-7-5-8-13-21)28-24-17-11-16-23(18-24)27-25(2,3)4/h5-18,20H,19H2,1-4H3. The van der Waals surface area contributed by atoms with Crippen LogP contribution < -0.4 is 9.57 Å². The fourth-order valence-electron chi connectivity index (χ4n) is 2.99. The van der Waals surface area contributed by atoms with Crippen molar-refractivity contribution < 1.29 is 9.57 Å². The Hall–Kier alpha value is -2.78. The molecule has 0 saturated heterocycles. The number of hydrogen-bond acceptors (Lipinski definition) is 3. The van der Waals surface area contributed by atoms with Crippen LogP contribution in [0.15, 0.2) is 84.9 Å². The molecule has 0 aliphatic heterocycles. The number of hydroxylamine groups is 2. The van der Waals surface area contributed by atoms with Gasteiger partial charge in [0.2, 0.25) is 0 Å². The molecule has 3 aromatic rings. The first-order valence-electron chi connectivity index (χ1n) is 9.73. The van der Waals surface area contributed by atoms with E-state index in [1.165, 1.54) is 11.1 Å². The van der Waals surface area contributed by atoms with E-state index in [1.54, 1.807) is 0 Å². The Balaban J connectivity index is 1.84. The highest BCUT2D eigenvalue weighted by Gasteiger charge is 2.19. The van der Waals surface area contributed by atoms with Crippen molar-refractivity contribution in [3.05, 3.63) is 96.1 Å². The summed E-state index contributed by atoms with van der Waals surface area (Å²) in [6.45, 7) is 8.97. The summed E-state index contributed by atoms with van der Waals surface area (Å²) in [5, 5.41) is 2.01. The molecule has 0 radical (unpaired) electrons. The Kier molecular flexibility index (Phi) is 6.37. The van der Waals surface area contributed by atoms with Gasteiger partial charge in [-0.25, -0.2) is 0 Å². The lowest BCUT2D eigenvalue weighted by Gasteiger charge is -2.29. The van der Waals surface area contributed by atoms with E-state index in [9.17, 15) is 0 Å². The van der Waals surface area contributed by atoms with E-state index in [-0.39, 0.29) is 11.6 Å². The smallest absolute Gasteiger partial charge is 0.151 e. The van der Waals surface area contributed by atoms with Crippen LogP contribution in [0, 0.1) is 0 Å². The van der Waals surface area contributed by atoms with Gasteiger partial charge in [0.15, 0.2) is 5.75 Å². The molecule has 0 amide bonds. The van der Waals surface area contributed by atoms with E-state index in [2.05, 4.69) is 55.5 Å². The third-order valence-electron chi connectivity index (χ3n) is 4.35. The molecule has 0 spiro atoms. The van der Waals surface area contributed by atoms with Crippen molar-refractivity contribution in [2.75, 3.05) is 0 Å². The van der Waals surface area contributed by atoms with Crippen LogP contribution in [0.1, 0.15) is 44.9 Å². The van der Waals surface area contributed by atoms with E-state index in [0.717, 1.165) is 11.5 Å². The summed E-state index contributed by atoms with van der Waals surface area (Å²) >= 11 is 0. The molecular weight excluding hydrogens is 346 g/mol. The van der Waals surface area contributed by atoms with E-state index < -0.39 is 0 Å². The van der Waals surface area contributed by atoms with Crippen LogP contribution in [0.3, 0.4) is 0 Å². The third kappa shape index (κ3) is 5.86. The number of hydrogen-bond donors (Lipinski definition) is 0. The highest BCUT2D eigenvalue weighted by Crippen LogP contribution is 2.28. The van der Waals surface area contributed by atoms with Crippen LogP contribution in [0.5, 0.6) is 11.5 Å². The Morgan fingerprint density at radius 3 is 2.04 bits per heavy atom. The zero-order valence-corrected chi connectivity index (χ0v) is 17.1. The van der Waals surface area contributed by atoms with Gasteiger partial charge in [-0.3, -0.25) is 0 Å². The first kappa shape index (κ1) is 20.0. The van der Waals surface area contributed by atoms with Crippen molar-refractivity contribution >= 4 is 0 Å². The highest BCUT2D eigenvalue weighted by atomic mass is 16.7. The van der Waals surface area contributed by atoms with Crippen LogP contribution in [-0.4, -0.2) is 10.7 Å². The summed E-state index contributed by atoms with van der Waals surface area (Å²) in [7, 11) is 0. The SMILES string of the molecule is CC(c1ccccc1)N(Cc1ccccc1)Oc1cccc(OC(C)(C)C)c1. The van der Waals surface area contributed by atoms with Gasteiger partial charge < -0.3 is 9.57 Å². The number of ether oxygens (including phenoxy) is 1. The Labute approximate surface area is 168 Å². The fourth-order valence-corrected chi connectivity index (χ4v) is 2.99. The number of rotatable bonds is 7. The predicted molar refractivity (Wildman–Crippen MR) is 114 cm³/mol. The molecule has 0 aliphatic carbocycles. The summed E-state index contributed by atoms with van der Waals surface area (Å²) in [5.41, 5.74) is 2.16. The fraction of sp³-hybridized carbons (Fsp3) is 0.280. The van der Waals surface area contributed by atoms with Crippen molar-refractivity contribution in [1.82, 2.24) is 5.06 Å².